The number of H-pyrrole nitrogens is 1. The molecule has 0 unspecified atom stereocenters. The first kappa shape index (κ1) is 24.7. The van der Waals surface area contributed by atoms with Gasteiger partial charge in [-0.2, -0.15) is 0 Å². The average Bonchev–Trinajstić information content (AvgIpc) is 3.59. The van der Waals surface area contributed by atoms with Crippen LogP contribution in [0.25, 0.3) is 33.3 Å². The fourth-order valence-corrected chi connectivity index (χ4v) is 5.02. The number of hydrogen-bond donors (Lipinski definition) is 5. The van der Waals surface area contributed by atoms with E-state index >= 15 is 0 Å². The van der Waals surface area contributed by atoms with Crippen LogP contribution in [-0.2, 0) is 6.54 Å². The molecule has 38 heavy (non-hydrogen) atoms. The molecule has 3 aromatic carbocycles. The first-order valence-electron chi connectivity index (χ1n) is 11.6. The van der Waals surface area contributed by atoms with E-state index < -0.39 is 12.0 Å². The Hall–Kier alpha value is -4.96. The summed E-state index contributed by atoms with van der Waals surface area (Å²) in [6.45, 7) is 2.04. The van der Waals surface area contributed by atoms with Crippen molar-refractivity contribution in [2.45, 2.75) is 13.5 Å². The van der Waals surface area contributed by atoms with Gasteiger partial charge in [-0.3, -0.25) is 9.59 Å². The molecule has 10 heteroatoms. The maximum atomic E-state index is 12.6. The minimum atomic E-state index is -1.12. The lowest BCUT2D eigenvalue weighted by atomic mass is 9.94. The van der Waals surface area contributed by atoms with Gasteiger partial charge in [0.1, 0.15) is 0 Å². The molecule has 0 saturated carbocycles. The Morgan fingerprint density at radius 1 is 1.03 bits per heavy atom. The number of thiazole rings is 1. The lowest BCUT2D eigenvalue weighted by Gasteiger charge is -2.14. The van der Waals surface area contributed by atoms with E-state index in [1.807, 2.05) is 61.5 Å². The molecule has 2 aromatic heterocycles. The van der Waals surface area contributed by atoms with Crippen LogP contribution < -0.4 is 16.4 Å². The molecule has 0 atom stereocenters. The normalized spacial score (nSPS) is 10.9. The summed E-state index contributed by atoms with van der Waals surface area (Å²) in [5, 5.41) is 17.3. The van der Waals surface area contributed by atoms with Gasteiger partial charge in [-0.25, -0.2) is 9.78 Å². The van der Waals surface area contributed by atoms with Crippen molar-refractivity contribution < 1.29 is 19.5 Å². The number of primary amides is 1. The molecule has 5 rings (SSSR count). The number of aromatic amines is 1. The van der Waals surface area contributed by atoms with E-state index in [9.17, 15) is 14.4 Å². The molecule has 0 bridgehead atoms. The summed E-state index contributed by atoms with van der Waals surface area (Å²) in [7, 11) is 0. The number of aromatic nitrogens is 2. The molecule has 0 fully saturated rings. The molecule has 0 aliphatic carbocycles. The van der Waals surface area contributed by atoms with Crippen LogP contribution in [0.4, 0.5) is 10.5 Å². The third kappa shape index (κ3) is 4.72. The Bertz CT molecular complexity index is 1690. The van der Waals surface area contributed by atoms with Gasteiger partial charge in [0.2, 0.25) is 0 Å². The number of nitrogens with one attached hydrogen (secondary N) is 3. The highest BCUT2D eigenvalue weighted by Gasteiger charge is 2.19. The van der Waals surface area contributed by atoms with Gasteiger partial charge in [-0.15, -0.1) is 11.3 Å². The van der Waals surface area contributed by atoms with E-state index in [1.165, 1.54) is 11.3 Å². The van der Waals surface area contributed by atoms with E-state index in [0.29, 0.717) is 27.5 Å². The third-order valence-corrected chi connectivity index (χ3v) is 7.07. The number of anilines is 1. The number of hydrogen-bond acceptors (Lipinski definition) is 5. The van der Waals surface area contributed by atoms with Gasteiger partial charge < -0.3 is 26.5 Å². The van der Waals surface area contributed by atoms with E-state index in [2.05, 4.69) is 20.6 Å². The zero-order chi connectivity index (χ0) is 26.8. The van der Waals surface area contributed by atoms with Gasteiger partial charge in [-0.05, 0) is 47.4 Å². The Morgan fingerprint density at radius 3 is 2.55 bits per heavy atom. The zero-order valence-corrected chi connectivity index (χ0v) is 21.1. The van der Waals surface area contributed by atoms with Crippen molar-refractivity contribution in [2.75, 3.05) is 5.32 Å². The summed E-state index contributed by atoms with van der Waals surface area (Å²) in [4.78, 5) is 43.4. The second-order valence-electron chi connectivity index (χ2n) is 8.58. The highest BCUT2D eigenvalue weighted by molar-refractivity contribution is 7.11. The predicted octanol–water partition coefficient (Wildman–Crippen LogP) is 5.39. The first-order valence-corrected chi connectivity index (χ1v) is 12.5. The van der Waals surface area contributed by atoms with E-state index in [1.54, 1.807) is 17.6 Å². The molecular weight excluding hydrogens is 502 g/mol. The summed E-state index contributed by atoms with van der Waals surface area (Å²) in [6, 6.07) is 18.5. The van der Waals surface area contributed by atoms with Crippen LogP contribution in [0, 0.1) is 6.92 Å². The lowest BCUT2D eigenvalue weighted by molar-refractivity contribution is 0.0998. The number of rotatable bonds is 7. The van der Waals surface area contributed by atoms with Crippen LogP contribution in [0.5, 0.6) is 0 Å². The topological polar surface area (TPSA) is 150 Å². The lowest BCUT2D eigenvalue weighted by Crippen LogP contribution is -2.20. The van der Waals surface area contributed by atoms with Crippen LogP contribution in [0.15, 0.2) is 72.2 Å². The second-order valence-corrected chi connectivity index (χ2v) is 9.48. The van der Waals surface area contributed by atoms with Crippen molar-refractivity contribution in [3.8, 4) is 22.4 Å². The molecular formula is C28H23N5O4S. The van der Waals surface area contributed by atoms with Crippen LogP contribution >= 0.6 is 11.3 Å². The zero-order valence-electron chi connectivity index (χ0n) is 20.2. The Balaban J connectivity index is 1.63. The summed E-state index contributed by atoms with van der Waals surface area (Å²) >= 11 is 1.26. The summed E-state index contributed by atoms with van der Waals surface area (Å²) in [5.74, 6) is -0.859. The SMILES string of the molecule is Cc1c(NC(=O)c2nccs2)cccc1-c1ccc(C(N)=O)c2[nH]c(-c3ccccc3CNC(=O)O)cc12. The number of benzene rings is 3. The average molecular weight is 526 g/mol. The van der Waals surface area contributed by atoms with E-state index in [-0.39, 0.29) is 12.5 Å². The quantitative estimate of drug-likeness (QED) is 0.193. The highest BCUT2D eigenvalue weighted by atomic mass is 32.1. The van der Waals surface area contributed by atoms with Gasteiger partial charge >= 0.3 is 6.09 Å². The number of carbonyl (C=O) groups excluding carboxylic acids is 2. The van der Waals surface area contributed by atoms with Crippen molar-refractivity contribution in [3.63, 3.8) is 0 Å². The van der Waals surface area contributed by atoms with E-state index in [4.69, 9.17) is 10.8 Å². The largest absolute Gasteiger partial charge is 0.465 e. The second kappa shape index (κ2) is 10.2. The fraction of sp³-hybridized carbons (Fsp3) is 0.0714. The number of fused-ring (bicyclic) bond motifs is 1. The number of nitrogens with two attached hydrogens (primary N) is 1. The van der Waals surface area contributed by atoms with Gasteiger partial charge in [0.25, 0.3) is 11.8 Å². The Kier molecular flexibility index (Phi) is 6.63. The fourth-order valence-electron chi connectivity index (χ4n) is 4.49. The highest BCUT2D eigenvalue weighted by Crippen LogP contribution is 2.38. The monoisotopic (exact) mass is 525 g/mol. The smallest absolute Gasteiger partial charge is 0.404 e. The van der Waals surface area contributed by atoms with Gasteiger partial charge in [-0.1, -0.05) is 42.5 Å². The molecule has 9 nitrogen and oxygen atoms in total. The third-order valence-electron chi connectivity index (χ3n) is 6.30. The molecule has 0 aliphatic heterocycles. The summed E-state index contributed by atoms with van der Waals surface area (Å²) < 4.78 is 0. The Morgan fingerprint density at radius 2 is 1.82 bits per heavy atom. The van der Waals surface area contributed by atoms with Gasteiger partial charge in [0, 0.05) is 40.5 Å². The van der Waals surface area contributed by atoms with Crippen LogP contribution in [0.1, 0.15) is 31.3 Å². The molecule has 190 valence electrons. The van der Waals surface area contributed by atoms with Crippen LogP contribution in [-0.4, -0.2) is 33.0 Å². The minimum absolute atomic E-state index is 0.121. The minimum Gasteiger partial charge on any atom is -0.465 e. The molecule has 2 heterocycles. The van der Waals surface area contributed by atoms with Crippen LogP contribution in [0.2, 0.25) is 0 Å². The molecule has 6 N–H and O–H groups in total. The summed E-state index contributed by atoms with van der Waals surface area (Å²) in [6.07, 6.45) is 0.464. The maximum Gasteiger partial charge on any atom is 0.404 e. The standard InChI is InChI=1S/C28H23N5O4S/c1-15-17(7-4-8-22(15)33-26(35)27-30-11-12-38-27)19-9-10-20(25(29)34)24-21(19)13-23(32-24)18-6-3-2-5-16(18)14-31-28(36)37/h2-13,31-32H,14H2,1H3,(H2,29,34)(H,33,35)(H,36,37). The van der Waals surface area contributed by atoms with Crippen molar-refractivity contribution in [1.82, 2.24) is 15.3 Å². The molecule has 0 radical (unpaired) electrons. The Labute approximate surface area is 221 Å². The van der Waals surface area contributed by atoms with Gasteiger partial charge in [0.05, 0.1) is 11.1 Å². The van der Waals surface area contributed by atoms with Crippen molar-refractivity contribution in [2.24, 2.45) is 5.73 Å². The van der Waals surface area contributed by atoms with Crippen molar-refractivity contribution >= 4 is 45.8 Å². The molecule has 0 spiro atoms. The van der Waals surface area contributed by atoms with Crippen molar-refractivity contribution in [1.29, 1.82) is 0 Å². The first-order chi connectivity index (χ1) is 18.3. The van der Waals surface area contributed by atoms with E-state index in [0.717, 1.165) is 33.2 Å². The predicted molar refractivity (Wildman–Crippen MR) is 147 cm³/mol. The molecule has 0 aliphatic rings. The van der Waals surface area contributed by atoms with Crippen molar-refractivity contribution in [3.05, 3.63) is 93.9 Å². The molecule has 5 aromatic rings. The number of nitrogens with zero attached hydrogens (tertiary/aromatic N) is 1. The van der Waals surface area contributed by atoms with Crippen LogP contribution in [0.3, 0.4) is 0 Å². The molecule has 3 amide bonds. The maximum absolute atomic E-state index is 12.6. The number of carboxylic acid groups (broad SMARTS) is 1. The summed E-state index contributed by atoms with van der Waals surface area (Å²) in [5.41, 5.74) is 12.1. The van der Waals surface area contributed by atoms with Gasteiger partial charge in [0.15, 0.2) is 5.01 Å². The number of carbonyl (C=O) groups is 3. The number of amides is 3. The molecule has 0 saturated heterocycles.